The molecule has 1 aromatic rings. The summed E-state index contributed by atoms with van der Waals surface area (Å²) in [6, 6.07) is 9.08. The Morgan fingerprint density at radius 3 is 2.47 bits per heavy atom. The monoisotopic (exact) mass is 235 g/mol. The van der Waals surface area contributed by atoms with Crippen molar-refractivity contribution in [1.82, 2.24) is 0 Å². The second-order valence-corrected chi connectivity index (χ2v) is 3.44. The molecule has 1 rings (SSSR count). The van der Waals surface area contributed by atoms with Gasteiger partial charge in [-0.3, -0.25) is 0 Å². The van der Waals surface area contributed by atoms with E-state index in [0.717, 1.165) is 18.8 Å². The summed E-state index contributed by atoms with van der Waals surface area (Å²) in [5.41, 5.74) is 0.633. The van der Waals surface area contributed by atoms with E-state index < -0.39 is 0 Å². The Kier molecular flexibility index (Phi) is 6.80. The first-order valence-corrected chi connectivity index (χ1v) is 5.56. The van der Waals surface area contributed by atoms with Crippen LogP contribution >= 0.6 is 0 Å². The van der Waals surface area contributed by atoms with Crippen molar-refractivity contribution in [3.8, 4) is 11.8 Å². The first-order chi connectivity index (χ1) is 8.36. The number of nitriles is 1. The van der Waals surface area contributed by atoms with Crippen molar-refractivity contribution in [3.05, 3.63) is 29.8 Å². The van der Waals surface area contributed by atoms with Crippen LogP contribution in [-0.4, -0.2) is 33.5 Å². The molecule has 0 amide bonds. The molecule has 17 heavy (non-hydrogen) atoms. The van der Waals surface area contributed by atoms with Crippen LogP contribution < -0.4 is 4.74 Å². The lowest BCUT2D eigenvalue weighted by atomic mass is 10.2. The van der Waals surface area contributed by atoms with E-state index in [1.807, 2.05) is 0 Å². The van der Waals surface area contributed by atoms with Gasteiger partial charge in [-0.25, -0.2) is 0 Å². The third kappa shape index (κ3) is 5.91. The van der Waals surface area contributed by atoms with Crippen LogP contribution in [-0.2, 0) is 9.47 Å². The third-order valence-electron chi connectivity index (χ3n) is 2.12. The molecule has 0 saturated carbocycles. The van der Waals surface area contributed by atoms with E-state index in [-0.39, 0.29) is 0 Å². The van der Waals surface area contributed by atoms with Gasteiger partial charge >= 0.3 is 0 Å². The van der Waals surface area contributed by atoms with Gasteiger partial charge in [0.15, 0.2) is 0 Å². The summed E-state index contributed by atoms with van der Waals surface area (Å²) in [4.78, 5) is 0. The molecule has 0 atom stereocenters. The average molecular weight is 235 g/mol. The van der Waals surface area contributed by atoms with Crippen molar-refractivity contribution in [3.63, 3.8) is 0 Å². The van der Waals surface area contributed by atoms with Gasteiger partial charge in [0.05, 0.1) is 18.2 Å². The van der Waals surface area contributed by atoms with E-state index in [1.165, 1.54) is 0 Å². The van der Waals surface area contributed by atoms with Crippen molar-refractivity contribution >= 4 is 0 Å². The molecule has 0 bridgehead atoms. The van der Waals surface area contributed by atoms with Gasteiger partial charge in [-0.1, -0.05) is 0 Å². The molecule has 1 aromatic carbocycles. The Morgan fingerprint density at radius 1 is 1.06 bits per heavy atom. The van der Waals surface area contributed by atoms with Gasteiger partial charge in [-0.05, 0) is 30.7 Å². The van der Waals surface area contributed by atoms with Crippen LogP contribution in [0.2, 0.25) is 0 Å². The molecule has 0 unspecified atom stereocenters. The fourth-order valence-corrected chi connectivity index (χ4v) is 1.25. The molecular formula is C13H17NO3. The average Bonchev–Trinajstić information content (AvgIpc) is 2.38. The second kappa shape index (κ2) is 8.57. The van der Waals surface area contributed by atoms with E-state index in [4.69, 9.17) is 19.5 Å². The van der Waals surface area contributed by atoms with Gasteiger partial charge in [-0.2, -0.15) is 5.26 Å². The summed E-state index contributed by atoms with van der Waals surface area (Å²) in [5, 5.41) is 8.62. The van der Waals surface area contributed by atoms with Gasteiger partial charge in [-0.15, -0.1) is 0 Å². The highest BCUT2D eigenvalue weighted by Gasteiger charge is 1.95. The number of ether oxygens (including phenoxy) is 3. The standard InChI is InChI=1S/C13H17NO3/c1-15-7-2-8-16-9-10-17-13-5-3-12(11-14)4-6-13/h3-6H,2,7-10H2,1H3. The van der Waals surface area contributed by atoms with Crippen LogP contribution in [0.3, 0.4) is 0 Å². The molecule has 4 heteroatoms. The number of nitrogens with zero attached hydrogens (tertiary/aromatic N) is 1. The zero-order valence-electron chi connectivity index (χ0n) is 10.0. The summed E-state index contributed by atoms with van der Waals surface area (Å²) < 4.78 is 15.7. The highest BCUT2D eigenvalue weighted by molar-refractivity contribution is 5.34. The summed E-state index contributed by atoms with van der Waals surface area (Å²) >= 11 is 0. The fraction of sp³-hybridized carbons (Fsp3) is 0.462. The maximum atomic E-state index is 8.62. The molecule has 0 heterocycles. The lowest BCUT2D eigenvalue weighted by Crippen LogP contribution is -2.08. The number of methoxy groups -OCH3 is 1. The van der Waals surface area contributed by atoms with Crippen LogP contribution in [0.1, 0.15) is 12.0 Å². The maximum absolute atomic E-state index is 8.62. The summed E-state index contributed by atoms with van der Waals surface area (Å²) in [6.45, 7) is 2.48. The highest BCUT2D eigenvalue weighted by Crippen LogP contribution is 2.11. The normalized spacial score (nSPS) is 9.88. The Hall–Kier alpha value is -1.57. The number of benzene rings is 1. The minimum Gasteiger partial charge on any atom is -0.491 e. The summed E-state index contributed by atoms with van der Waals surface area (Å²) in [5.74, 6) is 0.754. The van der Waals surface area contributed by atoms with Gasteiger partial charge in [0, 0.05) is 20.3 Å². The van der Waals surface area contributed by atoms with E-state index in [2.05, 4.69) is 6.07 Å². The van der Waals surface area contributed by atoms with Crippen LogP contribution in [0, 0.1) is 11.3 Å². The number of hydrogen-bond acceptors (Lipinski definition) is 4. The lowest BCUT2D eigenvalue weighted by molar-refractivity contribution is 0.0806. The highest BCUT2D eigenvalue weighted by atomic mass is 16.5. The van der Waals surface area contributed by atoms with Crippen molar-refractivity contribution in [2.75, 3.05) is 33.5 Å². The van der Waals surface area contributed by atoms with Gasteiger partial charge in [0.1, 0.15) is 12.4 Å². The molecule has 0 spiro atoms. The molecule has 0 aromatic heterocycles. The largest absolute Gasteiger partial charge is 0.491 e. The van der Waals surface area contributed by atoms with Crippen LogP contribution in [0.15, 0.2) is 24.3 Å². The molecule has 0 fully saturated rings. The van der Waals surface area contributed by atoms with E-state index >= 15 is 0 Å². The lowest BCUT2D eigenvalue weighted by Gasteiger charge is -2.06. The second-order valence-electron chi connectivity index (χ2n) is 3.44. The molecule has 0 aliphatic carbocycles. The van der Waals surface area contributed by atoms with Gasteiger partial charge < -0.3 is 14.2 Å². The van der Waals surface area contributed by atoms with Crippen molar-refractivity contribution in [1.29, 1.82) is 5.26 Å². The predicted octanol–water partition coefficient (Wildman–Crippen LogP) is 1.99. The quantitative estimate of drug-likeness (QED) is 0.646. The molecule has 0 saturated heterocycles. The predicted molar refractivity (Wildman–Crippen MR) is 64.0 cm³/mol. The van der Waals surface area contributed by atoms with Crippen molar-refractivity contribution in [2.24, 2.45) is 0 Å². The van der Waals surface area contributed by atoms with Crippen molar-refractivity contribution < 1.29 is 14.2 Å². The molecule has 0 radical (unpaired) electrons. The Balaban J connectivity index is 2.08. The number of hydrogen-bond donors (Lipinski definition) is 0. The topological polar surface area (TPSA) is 51.5 Å². The Morgan fingerprint density at radius 2 is 1.82 bits per heavy atom. The molecule has 0 N–H and O–H groups in total. The van der Waals surface area contributed by atoms with E-state index in [1.54, 1.807) is 31.4 Å². The minimum absolute atomic E-state index is 0.513. The molecule has 92 valence electrons. The molecule has 0 aliphatic rings. The van der Waals surface area contributed by atoms with Crippen LogP contribution in [0.4, 0.5) is 0 Å². The SMILES string of the molecule is COCCCOCCOc1ccc(C#N)cc1. The summed E-state index contributed by atoms with van der Waals surface area (Å²) in [6.07, 6.45) is 0.896. The maximum Gasteiger partial charge on any atom is 0.119 e. The fourth-order valence-electron chi connectivity index (χ4n) is 1.25. The number of rotatable bonds is 8. The first kappa shape index (κ1) is 13.5. The molecular weight excluding hydrogens is 218 g/mol. The Bertz CT molecular complexity index is 343. The van der Waals surface area contributed by atoms with Crippen LogP contribution in [0.25, 0.3) is 0 Å². The zero-order valence-corrected chi connectivity index (χ0v) is 10.0. The van der Waals surface area contributed by atoms with Gasteiger partial charge in [0.25, 0.3) is 0 Å². The first-order valence-electron chi connectivity index (χ1n) is 5.56. The van der Waals surface area contributed by atoms with Crippen LogP contribution in [0.5, 0.6) is 5.75 Å². The van der Waals surface area contributed by atoms with E-state index in [0.29, 0.717) is 25.4 Å². The molecule has 4 nitrogen and oxygen atoms in total. The zero-order chi connectivity index (χ0) is 12.3. The Labute approximate surface area is 102 Å². The van der Waals surface area contributed by atoms with E-state index in [9.17, 15) is 0 Å². The molecule has 0 aliphatic heterocycles. The summed E-state index contributed by atoms with van der Waals surface area (Å²) in [7, 11) is 1.67. The van der Waals surface area contributed by atoms with Crippen molar-refractivity contribution in [2.45, 2.75) is 6.42 Å². The minimum atomic E-state index is 0.513. The van der Waals surface area contributed by atoms with Gasteiger partial charge in [0.2, 0.25) is 0 Å². The third-order valence-corrected chi connectivity index (χ3v) is 2.12. The smallest absolute Gasteiger partial charge is 0.119 e.